The molecule has 0 bridgehead atoms. The lowest BCUT2D eigenvalue weighted by Gasteiger charge is -2.33. The summed E-state index contributed by atoms with van der Waals surface area (Å²) in [7, 11) is -3.90. The van der Waals surface area contributed by atoms with Crippen LogP contribution in [0.2, 0.25) is 10.0 Å². The maximum Gasteiger partial charge on any atom is 0.266 e. The number of carbonyl (C=O) groups excluding carboxylic acids is 3. The Balaban J connectivity index is 1.35. The molecule has 6 rings (SSSR count). The van der Waals surface area contributed by atoms with Gasteiger partial charge in [0.05, 0.1) is 26.6 Å². The molecule has 2 aliphatic rings. The molecule has 0 unspecified atom stereocenters. The number of nitrogens with zero attached hydrogens (tertiary/aromatic N) is 2. The summed E-state index contributed by atoms with van der Waals surface area (Å²) in [4.78, 5) is 48.0. The summed E-state index contributed by atoms with van der Waals surface area (Å²) in [5, 5.41) is 2.63. The number of carbonyl (C=O) groups is 3. The number of sulfone groups is 1. The van der Waals surface area contributed by atoms with Crippen molar-refractivity contribution >= 4 is 61.7 Å². The molecule has 2 heterocycles. The summed E-state index contributed by atoms with van der Waals surface area (Å²) in [5.41, 5.74) is 0.545. The van der Waals surface area contributed by atoms with Gasteiger partial charge in [0.15, 0.2) is 15.4 Å². The fraction of sp³-hybridized carbons (Fsp3) is 0.312. The minimum Gasteiger partial charge on any atom is -0.434 e. The zero-order valence-electron chi connectivity index (χ0n) is 23.7. The van der Waals surface area contributed by atoms with Gasteiger partial charge in [0.25, 0.3) is 5.89 Å². The van der Waals surface area contributed by atoms with E-state index in [0.29, 0.717) is 34.5 Å². The van der Waals surface area contributed by atoms with E-state index in [4.69, 9.17) is 27.6 Å². The van der Waals surface area contributed by atoms with Crippen LogP contribution in [0.4, 0.5) is 0 Å². The van der Waals surface area contributed by atoms with Gasteiger partial charge < -0.3 is 9.73 Å². The number of aromatic nitrogens is 1. The van der Waals surface area contributed by atoms with Crippen molar-refractivity contribution in [2.75, 3.05) is 6.54 Å². The van der Waals surface area contributed by atoms with Crippen LogP contribution in [0, 0.1) is 0 Å². The van der Waals surface area contributed by atoms with Crippen molar-refractivity contribution in [3.05, 3.63) is 94.3 Å². The number of amides is 2. The first-order valence-corrected chi connectivity index (χ1v) is 16.6. The van der Waals surface area contributed by atoms with Crippen LogP contribution in [-0.4, -0.2) is 59.8 Å². The number of benzene rings is 3. The maximum absolute atomic E-state index is 14.5. The van der Waals surface area contributed by atoms with Crippen molar-refractivity contribution in [2.24, 2.45) is 0 Å². The molecular weight excluding hydrogens is 625 g/mol. The first-order valence-electron chi connectivity index (χ1n) is 14.3. The molecule has 3 atom stereocenters. The first-order chi connectivity index (χ1) is 21.1. The lowest BCUT2D eigenvalue weighted by Crippen LogP contribution is -2.56. The summed E-state index contributed by atoms with van der Waals surface area (Å²) in [6.07, 6.45) is 0.955. The quantitative estimate of drug-likeness (QED) is 0.188. The number of para-hydroxylation sites is 2. The van der Waals surface area contributed by atoms with E-state index in [1.165, 1.54) is 12.1 Å². The lowest BCUT2D eigenvalue weighted by atomic mass is 9.92. The van der Waals surface area contributed by atoms with E-state index in [9.17, 15) is 22.8 Å². The normalized spacial score (nSPS) is 19.9. The Morgan fingerprint density at radius 3 is 2.36 bits per heavy atom. The highest BCUT2D eigenvalue weighted by Gasteiger charge is 2.57. The van der Waals surface area contributed by atoms with Crippen molar-refractivity contribution in [1.82, 2.24) is 15.2 Å². The summed E-state index contributed by atoms with van der Waals surface area (Å²) < 4.78 is 32.7. The molecule has 4 aromatic rings. The monoisotopic (exact) mass is 653 g/mol. The van der Waals surface area contributed by atoms with Crippen molar-refractivity contribution in [3.8, 4) is 0 Å². The second-order valence-electron chi connectivity index (χ2n) is 11.2. The predicted molar refractivity (Wildman–Crippen MR) is 165 cm³/mol. The number of ketones is 1. The van der Waals surface area contributed by atoms with E-state index in [-0.39, 0.29) is 35.2 Å². The topological polar surface area (TPSA) is 127 Å². The molecule has 228 valence electrons. The number of fused-ring (bicyclic) bond motifs is 1. The number of nitrogens with one attached hydrogen (secondary N) is 1. The predicted octanol–water partition coefficient (Wildman–Crippen LogP) is 5.39. The van der Waals surface area contributed by atoms with Gasteiger partial charge in [-0.05, 0) is 67.6 Å². The number of Topliss-reactive ketones (excluding diaryl/α,β-unsaturated/α-hetero) is 1. The average Bonchev–Trinajstić information content (AvgIpc) is 3.45. The molecule has 1 saturated heterocycles. The molecule has 1 aromatic heterocycles. The third-order valence-corrected chi connectivity index (χ3v) is 11.4. The van der Waals surface area contributed by atoms with Crippen molar-refractivity contribution in [1.29, 1.82) is 0 Å². The Kier molecular flexibility index (Phi) is 8.13. The van der Waals surface area contributed by atoms with Gasteiger partial charge in [0.1, 0.15) is 11.6 Å². The van der Waals surface area contributed by atoms with Crippen LogP contribution in [0.3, 0.4) is 0 Å². The van der Waals surface area contributed by atoms with Gasteiger partial charge in [-0.15, -0.1) is 0 Å². The van der Waals surface area contributed by atoms with E-state index in [1.807, 2.05) is 0 Å². The Labute approximate surface area is 264 Å². The maximum atomic E-state index is 14.5. The zero-order chi connectivity index (χ0) is 31.2. The molecule has 1 aliphatic heterocycles. The smallest absolute Gasteiger partial charge is 0.266 e. The van der Waals surface area contributed by atoms with E-state index >= 15 is 0 Å². The van der Waals surface area contributed by atoms with E-state index < -0.39 is 50.2 Å². The van der Waals surface area contributed by atoms with Gasteiger partial charge in [-0.2, -0.15) is 0 Å². The van der Waals surface area contributed by atoms with Gasteiger partial charge in [-0.25, -0.2) is 13.4 Å². The first kappa shape index (κ1) is 30.5. The fourth-order valence-corrected chi connectivity index (χ4v) is 8.21. The number of imide groups is 1. The fourth-order valence-electron chi connectivity index (χ4n) is 5.90. The standard InChI is InChI=1S/C32H29Cl2N3O6S/c1-2-25(28(38)29-36-23-8-4-5-9-26(23)43-29)37(31(40)32(15-16-32)19-11-13-20(33)14-12-19)30(39)24-17-21(18-35-24)44(41,42)27-10-6-3-7-22(27)34/h3-14,21,24-25,35H,2,15-18H2,1H3/t21-,24+,25+/m1/s1. The van der Waals surface area contributed by atoms with Gasteiger partial charge in [0.2, 0.25) is 17.6 Å². The molecule has 12 heteroatoms. The molecule has 1 aliphatic carbocycles. The molecule has 9 nitrogen and oxygen atoms in total. The van der Waals surface area contributed by atoms with Gasteiger partial charge in [-0.3, -0.25) is 19.3 Å². The van der Waals surface area contributed by atoms with E-state index in [1.54, 1.807) is 67.6 Å². The van der Waals surface area contributed by atoms with Gasteiger partial charge in [0, 0.05) is 11.6 Å². The molecule has 2 amide bonds. The summed E-state index contributed by atoms with van der Waals surface area (Å²) in [6, 6.07) is 17.6. The van der Waals surface area contributed by atoms with Crippen LogP contribution in [0.1, 0.15) is 48.9 Å². The van der Waals surface area contributed by atoms with Crippen molar-refractivity contribution in [3.63, 3.8) is 0 Å². The Morgan fingerprint density at radius 1 is 1.02 bits per heavy atom. The summed E-state index contributed by atoms with van der Waals surface area (Å²) in [6.45, 7) is 1.68. The third kappa shape index (κ3) is 5.34. The minimum atomic E-state index is -3.90. The third-order valence-electron chi connectivity index (χ3n) is 8.49. The molecule has 0 radical (unpaired) electrons. The van der Waals surface area contributed by atoms with Gasteiger partial charge >= 0.3 is 0 Å². The highest BCUT2D eigenvalue weighted by Crippen LogP contribution is 2.50. The van der Waals surface area contributed by atoms with Crippen LogP contribution >= 0.6 is 23.2 Å². The molecule has 1 N–H and O–H groups in total. The SMILES string of the molecule is CC[C@@H](C(=O)c1nc2ccccc2o1)N(C(=O)[C@@H]1C[C@@H](S(=O)(=O)c2ccccc2Cl)CN1)C(=O)C1(c2ccc(Cl)cc2)CC1. The van der Waals surface area contributed by atoms with E-state index in [2.05, 4.69) is 10.3 Å². The number of rotatable bonds is 9. The molecular formula is C32H29Cl2N3O6S. The molecule has 44 heavy (non-hydrogen) atoms. The van der Waals surface area contributed by atoms with Crippen LogP contribution in [0.25, 0.3) is 11.1 Å². The Morgan fingerprint density at radius 2 is 1.70 bits per heavy atom. The summed E-state index contributed by atoms with van der Waals surface area (Å²) >= 11 is 12.3. The van der Waals surface area contributed by atoms with Crippen LogP contribution in [0.15, 0.2) is 82.1 Å². The molecule has 0 spiro atoms. The van der Waals surface area contributed by atoms with Gasteiger partial charge in [-0.1, -0.05) is 66.5 Å². The molecule has 3 aromatic carbocycles. The van der Waals surface area contributed by atoms with E-state index in [0.717, 1.165) is 4.90 Å². The number of hydrogen-bond donors (Lipinski definition) is 1. The average molecular weight is 655 g/mol. The Hall–Kier alpha value is -3.57. The van der Waals surface area contributed by atoms with Crippen LogP contribution < -0.4 is 5.32 Å². The molecule has 1 saturated carbocycles. The summed E-state index contributed by atoms with van der Waals surface area (Å²) in [5.74, 6) is -2.03. The van der Waals surface area contributed by atoms with Crippen molar-refractivity contribution in [2.45, 2.75) is 60.3 Å². The van der Waals surface area contributed by atoms with Crippen molar-refractivity contribution < 1.29 is 27.2 Å². The second kappa shape index (κ2) is 11.7. The highest BCUT2D eigenvalue weighted by atomic mass is 35.5. The molecule has 2 fully saturated rings. The van der Waals surface area contributed by atoms with Crippen LogP contribution in [-0.2, 0) is 24.8 Å². The zero-order valence-corrected chi connectivity index (χ0v) is 26.0. The van der Waals surface area contributed by atoms with Crippen LogP contribution in [0.5, 0.6) is 0 Å². The number of halogens is 2. The number of oxazole rings is 1. The Bertz CT molecular complexity index is 1840. The second-order valence-corrected chi connectivity index (χ2v) is 14.2. The lowest BCUT2D eigenvalue weighted by molar-refractivity contribution is -0.149. The largest absolute Gasteiger partial charge is 0.434 e. The number of hydrogen-bond acceptors (Lipinski definition) is 8. The highest BCUT2D eigenvalue weighted by molar-refractivity contribution is 7.92. The minimum absolute atomic E-state index is 0.0215.